The number of likely N-dealkylation sites (N-methyl/N-ethyl adjacent to an activating group) is 1. The summed E-state index contributed by atoms with van der Waals surface area (Å²) in [6.07, 6.45) is 0.693. The van der Waals surface area contributed by atoms with Gasteiger partial charge in [0, 0.05) is 20.6 Å². The maximum absolute atomic E-state index is 11.8. The molecule has 0 heterocycles. The number of carbonyl (C=O) groups excluding carboxylic acids is 3. The number of hydrogen-bond donors (Lipinski definition) is 1. The number of nitrogens with zero attached hydrogens (tertiary/aromatic N) is 2. The van der Waals surface area contributed by atoms with Crippen LogP contribution in [0.25, 0.3) is 0 Å². The van der Waals surface area contributed by atoms with Crippen LogP contribution in [-0.2, 0) is 9.59 Å². The van der Waals surface area contributed by atoms with Crippen molar-refractivity contribution in [3.05, 3.63) is 0 Å². The number of hydrogen-bond acceptors (Lipinski definition) is 3. The van der Waals surface area contributed by atoms with Crippen LogP contribution in [0, 0.1) is 0 Å². The highest BCUT2D eigenvalue weighted by atomic mass is 35.5. The van der Waals surface area contributed by atoms with Gasteiger partial charge in [-0.05, 0) is 13.3 Å². The maximum Gasteiger partial charge on any atom is 0.324 e. The number of nitrogens with one attached hydrogen (secondary N) is 1. The first-order valence-corrected chi connectivity index (χ1v) is 6.17. The molecule has 1 N–H and O–H groups in total. The predicted molar refractivity (Wildman–Crippen MR) is 69.4 cm³/mol. The van der Waals surface area contributed by atoms with Gasteiger partial charge in [-0.1, -0.05) is 6.92 Å². The molecule has 0 aromatic carbocycles. The molecule has 0 fully saturated rings. The van der Waals surface area contributed by atoms with Gasteiger partial charge in [0.25, 0.3) is 0 Å². The van der Waals surface area contributed by atoms with Crippen molar-refractivity contribution in [2.45, 2.75) is 25.6 Å². The van der Waals surface area contributed by atoms with Crippen LogP contribution in [0.1, 0.15) is 20.3 Å². The second-order valence-corrected chi connectivity index (χ2v) is 4.77. The number of alkyl halides is 1. The molecule has 0 saturated carbocycles. The Morgan fingerprint density at radius 3 is 2.22 bits per heavy atom. The van der Waals surface area contributed by atoms with Crippen LogP contribution < -0.4 is 5.32 Å². The lowest BCUT2D eigenvalue weighted by Crippen LogP contribution is -2.48. The van der Waals surface area contributed by atoms with E-state index in [2.05, 4.69) is 5.32 Å². The van der Waals surface area contributed by atoms with E-state index < -0.39 is 17.3 Å². The van der Waals surface area contributed by atoms with Crippen LogP contribution in [0.5, 0.6) is 0 Å². The smallest absolute Gasteiger partial charge is 0.324 e. The third-order valence-corrected chi connectivity index (χ3v) is 2.40. The van der Waals surface area contributed by atoms with Gasteiger partial charge in [-0.3, -0.25) is 14.9 Å². The number of amides is 4. The highest BCUT2D eigenvalue weighted by molar-refractivity contribution is 6.31. The van der Waals surface area contributed by atoms with Crippen LogP contribution in [0.4, 0.5) is 4.79 Å². The molecule has 1 atom stereocenters. The lowest BCUT2D eigenvalue weighted by atomic mass is 10.4. The molecular weight excluding hydrogens is 258 g/mol. The van der Waals surface area contributed by atoms with Crippen molar-refractivity contribution in [2.75, 3.05) is 27.2 Å². The fraction of sp³-hybridized carbons (Fsp3) is 0.727. The molecule has 0 bridgehead atoms. The Kier molecular flexibility index (Phi) is 7.35. The average Bonchev–Trinajstić information content (AvgIpc) is 2.27. The molecular formula is C11H20ClN3O3. The summed E-state index contributed by atoms with van der Waals surface area (Å²) in [6.45, 7) is 3.69. The second-order valence-electron chi connectivity index (χ2n) is 4.12. The van der Waals surface area contributed by atoms with E-state index in [1.807, 2.05) is 6.92 Å². The minimum atomic E-state index is -0.790. The Hall–Kier alpha value is -1.30. The SMILES string of the molecule is CCCN(CC(=O)N(C)C)C(=O)NC(=O)C(C)Cl. The van der Waals surface area contributed by atoms with Crippen LogP contribution >= 0.6 is 11.6 Å². The third kappa shape index (κ3) is 5.86. The van der Waals surface area contributed by atoms with Crippen molar-refractivity contribution < 1.29 is 14.4 Å². The van der Waals surface area contributed by atoms with Gasteiger partial charge in [-0.15, -0.1) is 11.6 Å². The number of halogens is 1. The van der Waals surface area contributed by atoms with E-state index in [4.69, 9.17) is 11.6 Å². The highest BCUT2D eigenvalue weighted by Crippen LogP contribution is 1.97. The molecule has 1 unspecified atom stereocenters. The van der Waals surface area contributed by atoms with E-state index in [9.17, 15) is 14.4 Å². The summed E-state index contributed by atoms with van der Waals surface area (Å²) in [5.41, 5.74) is 0. The minimum absolute atomic E-state index is 0.0589. The van der Waals surface area contributed by atoms with Gasteiger partial charge in [-0.25, -0.2) is 4.79 Å². The lowest BCUT2D eigenvalue weighted by Gasteiger charge is -2.23. The molecule has 0 aromatic heterocycles. The van der Waals surface area contributed by atoms with E-state index in [-0.39, 0.29) is 12.5 Å². The first-order chi connectivity index (χ1) is 8.29. The number of carbonyl (C=O) groups is 3. The molecule has 7 heteroatoms. The molecule has 0 saturated heterocycles. The van der Waals surface area contributed by atoms with Crippen LogP contribution in [0.15, 0.2) is 0 Å². The minimum Gasteiger partial charge on any atom is -0.347 e. The molecule has 0 aliphatic rings. The van der Waals surface area contributed by atoms with Crippen LogP contribution in [0.2, 0.25) is 0 Å². The molecule has 0 aliphatic heterocycles. The van der Waals surface area contributed by atoms with Crippen LogP contribution in [0.3, 0.4) is 0 Å². The summed E-state index contributed by atoms with van der Waals surface area (Å²) >= 11 is 5.55. The maximum atomic E-state index is 11.8. The van der Waals surface area contributed by atoms with Crippen molar-refractivity contribution in [1.82, 2.24) is 15.1 Å². The van der Waals surface area contributed by atoms with Crippen molar-refractivity contribution in [3.8, 4) is 0 Å². The molecule has 6 nitrogen and oxygen atoms in total. The predicted octanol–water partition coefficient (Wildman–Crippen LogP) is 0.650. The van der Waals surface area contributed by atoms with Crippen molar-refractivity contribution in [2.24, 2.45) is 0 Å². The first kappa shape index (κ1) is 16.7. The van der Waals surface area contributed by atoms with E-state index in [0.29, 0.717) is 13.0 Å². The van der Waals surface area contributed by atoms with Gasteiger partial charge in [-0.2, -0.15) is 0 Å². The zero-order valence-corrected chi connectivity index (χ0v) is 12.0. The summed E-state index contributed by atoms with van der Waals surface area (Å²) < 4.78 is 0. The van der Waals surface area contributed by atoms with E-state index >= 15 is 0 Å². The van der Waals surface area contributed by atoms with Gasteiger partial charge >= 0.3 is 6.03 Å². The molecule has 0 aromatic rings. The zero-order valence-electron chi connectivity index (χ0n) is 11.2. The summed E-state index contributed by atoms with van der Waals surface area (Å²) in [7, 11) is 3.21. The fourth-order valence-corrected chi connectivity index (χ4v) is 1.17. The highest BCUT2D eigenvalue weighted by Gasteiger charge is 2.20. The fourth-order valence-electron chi connectivity index (χ4n) is 1.11. The topological polar surface area (TPSA) is 69.7 Å². The monoisotopic (exact) mass is 277 g/mol. The largest absolute Gasteiger partial charge is 0.347 e. The van der Waals surface area contributed by atoms with Crippen molar-refractivity contribution in [1.29, 1.82) is 0 Å². The second kappa shape index (κ2) is 7.92. The molecule has 18 heavy (non-hydrogen) atoms. The molecule has 4 amide bonds. The molecule has 0 radical (unpaired) electrons. The standard InChI is InChI=1S/C11H20ClN3O3/c1-5-6-15(7-9(16)14(3)4)11(18)13-10(17)8(2)12/h8H,5-7H2,1-4H3,(H,13,17,18). The summed E-state index contributed by atoms with van der Waals surface area (Å²) in [5, 5.41) is 1.36. The third-order valence-electron chi connectivity index (χ3n) is 2.20. The summed E-state index contributed by atoms with van der Waals surface area (Å²) in [5.74, 6) is -0.773. The first-order valence-electron chi connectivity index (χ1n) is 5.73. The van der Waals surface area contributed by atoms with Crippen molar-refractivity contribution >= 4 is 29.4 Å². The lowest BCUT2D eigenvalue weighted by molar-refractivity contribution is -0.129. The average molecular weight is 278 g/mol. The normalized spacial score (nSPS) is 11.6. The van der Waals surface area contributed by atoms with Gasteiger partial charge in [0.1, 0.15) is 11.9 Å². The van der Waals surface area contributed by atoms with E-state index in [1.54, 1.807) is 14.1 Å². The van der Waals surface area contributed by atoms with Crippen LogP contribution in [-0.4, -0.2) is 60.2 Å². The zero-order chi connectivity index (χ0) is 14.3. The van der Waals surface area contributed by atoms with E-state index in [1.165, 1.54) is 16.7 Å². The van der Waals surface area contributed by atoms with Gasteiger partial charge in [0.2, 0.25) is 11.8 Å². The molecule has 0 spiro atoms. The van der Waals surface area contributed by atoms with Gasteiger partial charge < -0.3 is 9.80 Å². The molecule has 0 aliphatic carbocycles. The summed E-state index contributed by atoms with van der Waals surface area (Å²) in [4.78, 5) is 37.3. The van der Waals surface area contributed by atoms with Crippen molar-refractivity contribution in [3.63, 3.8) is 0 Å². The molecule has 0 rings (SSSR count). The Bertz CT molecular complexity index is 319. The Morgan fingerprint density at radius 1 is 1.28 bits per heavy atom. The van der Waals surface area contributed by atoms with Gasteiger partial charge in [0.05, 0.1) is 0 Å². The summed E-state index contributed by atoms with van der Waals surface area (Å²) in [6, 6.07) is -0.593. The Morgan fingerprint density at radius 2 is 1.83 bits per heavy atom. The quantitative estimate of drug-likeness (QED) is 0.750. The van der Waals surface area contributed by atoms with E-state index in [0.717, 1.165) is 0 Å². The Balaban J connectivity index is 4.54. The van der Waals surface area contributed by atoms with Gasteiger partial charge in [0.15, 0.2) is 0 Å². The Labute approximate surface area is 112 Å². The molecule has 104 valence electrons. The number of imide groups is 1. The number of rotatable bonds is 5. The number of urea groups is 1.